The normalized spacial score (nSPS) is 21.1. The van der Waals surface area contributed by atoms with Crippen LogP contribution in [0.25, 0.3) is 5.65 Å². The van der Waals surface area contributed by atoms with Crippen LogP contribution in [0.3, 0.4) is 0 Å². The topological polar surface area (TPSA) is 56.5 Å². The average Bonchev–Trinajstić information content (AvgIpc) is 3.01. The predicted octanol–water partition coefficient (Wildman–Crippen LogP) is 4.32. The lowest BCUT2D eigenvalue weighted by atomic mass is 9.79. The van der Waals surface area contributed by atoms with Gasteiger partial charge in [0, 0.05) is 11.8 Å². The van der Waals surface area contributed by atoms with Gasteiger partial charge in [0.05, 0.1) is 6.61 Å². The molecule has 2 heterocycles. The molecule has 0 aromatic carbocycles. The summed E-state index contributed by atoms with van der Waals surface area (Å²) >= 11 is 6.33. The van der Waals surface area contributed by atoms with E-state index in [-0.39, 0.29) is 5.69 Å². The number of esters is 1. The molecule has 130 valence electrons. The maximum atomic E-state index is 11.8. The third-order valence-electron chi connectivity index (χ3n) is 4.96. The summed E-state index contributed by atoms with van der Waals surface area (Å²) in [5.74, 6) is 1.12. The molecule has 0 unspecified atom stereocenters. The number of fused-ring (bicyclic) bond motifs is 1. The highest BCUT2D eigenvalue weighted by atomic mass is 35.5. The van der Waals surface area contributed by atoms with E-state index in [1.165, 1.54) is 36.6 Å². The Morgan fingerprint density at radius 1 is 1.25 bits per heavy atom. The molecule has 3 rings (SSSR count). The van der Waals surface area contributed by atoms with Crippen LogP contribution < -0.4 is 0 Å². The van der Waals surface area contributed by atoms with Crippen molar-refractivity contribution in [3.63, 3.8) is 0 Å². The third-order valence-corrected chi connectivity index (χ3v) is 5.23. The molecular weight excluding hydrogens is 326 g/mol. The van der Waals surface area contributed by atoms with E-state index in [0.717, 1.165) is 18.0 Å². The fourth-order valence-electron chi connectivity index (χ4n) is 3.54. The molecule has 1 aliphatic rings. The molecule has 0 atom stereocenters. The number of nitrogens with zero attached hydrogens (tertiary/aromatic N) is 3. The maximum Gasteiger partial charge on any atom is 0.358 e. The number of carbonyl (C=O) groups is 1. The molecule has 0 spiro atoms. The molecule has 0 aliphatic heterocycles. The van der Waals surface area contributed by atoms with Crippen LogP contribution in [0, 0.1) is 11.8 Å². The summed E-state index contributed by atoms with van der Waals surface area (Å²) in [6.07, 6.45) is 7.38. The van der Waals surface area contributed by atoms with Gasteiger partial charge in [-0.2, -0.15) is 5.10 Å². The lowest BCUT2D eigenvalue weighted by Gasteiger charge is -2.27. The minimum atomic E-state index is -0.446. The van der Waals surface area contributed by atoms with E-state index in [1.807, 2.05) is 6.07 Å². The van der Waals surface area contributed by atoms with Crippen molar-refractivity contribution < 1.29 is 9.53 Å². The van der Waals surface area contributed by atoms with Crippen molar-refractivity contribution in [2.75, 3.05) is 6.61 Å². The fourth-order valence-corrected chi connectivity index (χ4v) is 3.79. The van der Waals surface area contributed by atoms with E-state index < -0.39 is 5.97 Å². The summed E-state index contributed by atoms with van der Waals surface area (Å²) in [5, 5.41) is 4.67. The van der Waals surface area contributed by atoms with E-state index in [0.29, 0.717) is 23.3 Å². The summed E-state index contributed by atoms with van der Waals surface area (Å²) in [4.78, 5) is 16.5. The Balaban J connectivity index is 1.76. The summed E-state index contributed by atoms with van der Waals surface area (Å²) in [6, 6.07) is 3.50. The van der Waals surface area contributed by atoms with Crippen LogP contribution in [-0.4, -0.2) is 27.2 Å². The van der Waals surface area contributed by atoms with Crippen LogP contribution in [0.4, 0.5) is 0 Å². The number of ether oxygens (including phenoxy) is 1. The van der Waals surface area contributed by atoms with Gasteiger partial charge in [-0.1, -0.05) is 37.8 Å². The van der Waals surface area contributed by atoms with Gasteiger partial charge in [0.25, 0.3) is 0 Å². The highest BCUT2D eigenvalue weighted by Crippen LogP contribution is 2.32. The zero-order valence-electron chi connectivity index (χ0n) is 14.3. The van der Waals surface area contributed by atoms with Crippen molar-refractivity contribution in [1.29, 1.82) is 0 Å². The van der Waals surface area contributed by atoms with Gasteiger partial charge in [-0.05, 0) is 44.1 Å². The van der Waals surface area contributed by atoms with Gasteiger partial charge >= 0.3 is 5.97 Å². The standard InChI is InChI=1S/C18H24ClN3O2/c1-3-12-5-7-13(8-6-12)9-14-10-16(19)22-17(20-14)11-15(21-22)18(23)24-4-2/h10-13H,3-9H2,1-2H3. The molecule has 0 radical (unpaired) electrons. The first kappa shape index (κ1) is 17.2. The van der Waals surface area contributed by atoms with Gasteiger partial charge in [-0.3, -0.25) is 0 Å². The largest absolute Gasteiger partial charge is 0.461 e. The Morgan fingerprint density at radius 3 is 2.62 bits per heavy atom. The van der Waals surface area contributed by atoms with Crippen LogP contribution >= 0.6 is 11.6 Å². The first-order chi connectivity index (χ1) is 11.6. The molecule has 1 saturated carbocycles. The zero-order valence-corrected chi connectivity index (χ0v) is 15.1. The van der Waals surface area contributed by atoms with Crippen molar-refractivity contribution in [3.05, 3.63) is 28.7 Å². The number of aromatic nitrogens is 3. The number of rotatable bonds is 5. The highest BCUT2D eigenvalue weighted by Gasteiger charge is 2.21. The van der Waals surface area contributed by atoms with Gasteiger partial charge < -0.3 is 4.74 Å². The number of hydrogen-bond donors (Lipinski definition) is 0. The zero-order chi connectivity index (χ0) is 17.1. The van der Waals surface area contributed by atoms with Gasteiger partial charge in [0.1, 0.15) is 5.15 Å². The molecule has 2 aromatic heterocycles. The van der Waals surface area contributed by atoms with Crippen LogP contribution in [0.1, 0.15) is 62.1 Å². The van der Waals surface area contributed by atoms with Gasteiger partial charge in [0.2, 0.25) is 0 Å². The van der Waals surface area contributed by atoms with E-state index in [1.54, 1.807) is 13.0 Å². The van der Waals surface area contributed by atoms with Crippen molar-refractivity contribution in [3.8, 4) is 0 Å². The second-order valence-electron chi connectivity index (χ2n) is 6.59. The molecule has 1 aliphatic carbocycles. The Morgan fingerprint density at radius 2 is 1.96 bits per heavy atom. The second-order valence-corrected chi connectivity index (χ2v) is 6.98. The first-order valence-corrected chi connectivity index (χ1v) is 9.20. The first-order valence-electron chi connectivity index (χ1n) is 8.83. The van der Waals surface area contributed by atoms with Crippen LogP contribution in [0.5, 0.6) is 0 Å². The van der Waals surface area contributed by atoms with E-state index in [9.17, 15) is 4.79 Å². The van der Waals surface area contributed by atoms with Crippen LogP contribution in [-0.2, 0) is 11.2 Å². The van der Waals surface area contributed by atoms with Crippen molar-refractivity contribution in [2.45, 2.75) is 52.4 Å². The Labute approximate surface area is 147 Å². The second kappa shape index (κ2) is 7.51. The number of hydrogen-bond acceptors (Lipinski definition) is 4. The lowest BCUT2D eigenvalue weighted by Crippen LogP contribution is -2.16. The molecule has 0 bridgehead atoms. The molecule has 6 heteroatoms. The molecule has 5 nitrogen and oxygen atoms in total. The highest BCUT2D eigenvalue weighted by molar-refractivity contribution is 6.29. The third kappa shape index (κ3) is 3.72. The summed E-state index contributed by atoms with van der Waals surface area (Å²) < 4.78 is 6.48. The molecule has 1 fully saturated rings. The molecule has 24 heavy (non-hydrogen) atoms. The predicted molar refractivity (Wildman–Crippen MR) is 93.4 cm³/mol. The number of halogens is 1. The fraction of sp³-hybridized carbons (Fsp3) is 0.611. The number of carbonyl (C=O) groups excluding carboxylic acids is 1. The molecule has 0 saturated heterocycles. The van der Waals surface area contributed by atoms with E-state index in [2.05, 4.69) is 17.0 Å². The Bertz CT molecular complexity index is 720. The van der Waals surface area contributed by atoms with E-state index >= 15 is 0 Å². The van der Waals surface area contributed by atoms with Crippen LogP contribution in [0.2, 0.25) is 5.15 Å². The van der Waals surface area contributed by atoms with Crippen molar-refractivity contribution in [1.82, 2.24) is 14.6 Å². The van der Waals surface area contributed by atoms with Gasteiger partial charge in [0.15, 0.2) is 11.3 Å². The monoisotopic (exact) mass is 349 g/mol. The van der Waals surface area contributed by atoms with Crippen molar-refractivity contribution in [2.24, 2.45) is 11.8 Å². The Hall–Kier alpha value is -1.62. The maximum absolute atomic E-state index is 11.8. The summed E-state index contributed by atoms with van der Waals surface area (Å²) in [7, 11) is 0. The van der Waals surface area contributed by atoms with Gasteiger partial charge in [-0.15, -0.1) is 0 Å². The molecule has 2 aromatic rings. The van der Waals surface area contributed by atoms with Gasteiger partial charge in [-0.25, -0.2) is 14.3 Å². The quantitative estimate of drug-likeness (QED) is 0.596. The summed E-state index contributed by atoms with van der Waals surface area (Å²) in [5.41, 5.74) is 1.82. The Kier molecular flexibility index (Phi) is 5.39. The molecular formula is C18H24ClN3O2. The molecule has 0 amide bonds. The van der Waals surface area contributed by atoms with E-state index in [4.69, 9.17) is 16.3 Å². The average molecular weight is 350 g/mol. The minimum Gasteiger partial charge on any atom is -0.461 e. The smallest absolute Gasteiger partial charge is 0.358 e. The van der Waals surface area contributed by atoms with Crippen LogP contribution in [0.15, 0.2) is 12.1 Å². The van der Waals surface area contributed by atoms with Crippen molar-refractivity contribution >= 4 is 23.2 Å². The summed E-state index contributed by atoms with van der Waals surface area (Å²) in [6.45, 7) is 4.37. The molecule has 0 N–H and O–H groups in total. The lowest BCUT2D eigenvalue weighted by molar-refractivity contribution is 0.0519. The minimum absolute atomic E-state index is 0.242. The SMILES string of the molecule is CCOC(=O)c1cc2nc(CC3CCC(CC)CC3)cc(Cl)n2n1.